The van der Waals surface area contributed by atoms with Crippen molar-refractivity contribution in [3.05, 3.63) is 36.2 Å². The third-order valence-electron chi connectivity index (χ3n) is 2.56. The van der Waals surface area contributed by atoms with Crippen molar-refractivity contribution in [2.45, 2.75) is 13.0 Å². The van der Waals surface area contributed by atoms with Gasteiger partial charge in [0, 0.05) is 0 Å². The fourth-order valence-electron chi connectivity index (χ4n) is 1.63. The van der Waals surface area contributed by atoms with Gasteiger partial charge in [0.25, 0.3) is 0 Å². The van der Waals surface area contributed by atoms with E-state index in [1.54, 1.807) is 4.68 Å². The van der Waals surface area contributed by atoms with Crippen molar-refractivity contribution in [3.63, 3.8) is 0 Å². The van der Waals surface area contributed by atoms with Crippen LogP contribution < -0.4 is 5.32 Å². The molecule has 3 aromatic rings. The van der Waals surface area contributed by atoms with Gasteiger partial charge < -0.3 is 5.32 Å². The number of H-pyrrole nitrogens is 1. The average Bonchev–Trinajstić information content (AvgIpc) is 3.11. The van der Waals surface area contributed by atoms with Gasteiger partial charge in [-0.3, -0.25) is 0 Å². The number of hydrogen-bond acceptors (Lipinski definition) is 7. The van der Waals surface area contributed by atoms with Crippen LogP contribution in [0.4, 0.5) is 5.95 Å². The van der Waals surface area contributed by atoms with Crippen LogP contribution >= 0.6 is 0 Å². The van der Waals surface area contributed by atoms with Gasteiger partial charge in [0.05, 0.1) is 11.7 Å². The number of hydrogen-bond donors (Lipinski definition) is 2. The lowest BCUT2D eigenvalue weighted by Crippen LogP contribution is -2.13. The molecule has 2 N–H and O–H groups in total. The molecule has 3 rings (SSSR count). The van der Waals surface area contributed by atoms with E-state index in [0.717, 1.165) is 5.69 Å². The van der Waals surface area contributed by atoms with Gasteiger partial charge in [-0.15, -0.1) is 10.2 Å². The lowest BCUT2D eigenvalue weighted by molar-refractivity contribution is 0.757. The molecule has 96 valence electrons. The first-order chi connectivity index (χ1) is 9.34. The minimum Gasteiger partial charge on any atom is -0.343 e. The molecule has 1 unspecified atom stereocenters. The number of tetrazole rings is 2. The van der Waals surface area contributed by atoms with Crippen molar-refractivity contribution in [1.29, 1.82) is 0 Å². The van der Waals surface area contributed by atoms with Crippen LogP contribution in [0.3, 0.4) is 0 Å². The first kappa shape index (κ1) is 11.3. The normalized spacial score (nSPS) is 12.3. The van der Waals surface area contributed by atoms with Crippen LogP contribution in [0.2, 0.25) is 0 Å². The Bertz CT molecular complexity index is 630. The van der Waals surface area contributed by atoms with Gasteiger partial charge >= 0.3 is 0 Å². The van der Waals surface area contributed by atoms with Crippen LogP contribution in [0.15, 0.2) is 30.3 Å². The molecule has 0 spiro atoms. The second-order valence-corrected chi connectivity index (χ2v) is 3.89. The molecule has 19 heavy (non-hydrogen) atoms. The van der Waals surface area contributed by atoms with Crippen LogP contribution in [0.5, 0.6) is 0 Å². The Morgan fingerprint density at radius 1 is 1.21 bits per heavy atom. The number of nitrogens with zero attached hydrogens (tertiary/aromatic N) is 7. The van der Waals surface area contributed by atoms with E-state index in [1.165, 1.54) is 0 Å². The van der Waals surface area contributed by atoms with Gasteiger partial charge in [0.1, 0.15) is 0 Å². The highest BCUT2D eigenvalue weighted by atomic mass is 15.6. The third kappa shape index (κ3) is 2.25. The smallest absolute Gasteiger partial charge is 0.248 e. The van der Waals surface area contributed by atoms with Crippen LogP contribution in [-0.2, 0) is 0 Å². The molecule has 0 amide bonds. The molecule has 0 fully saturated rings. The Hall–Kier alpha value is -2.84. The van der Waals surface area contributed by atoms with E-state index < -0.39 is 0 Å². The molecular formula is C10H11N9. The van der Waals surface area contributed by atoms with Gasteiger partial charge in [-0.25, -0.2) is 0 Å². The number of rotatable bonds is 4. The number of anilines is 1. The van der Waals surface area contributed by atoms with E-state index >= 15 is 0 Å². The quantitative estimate of drug-likeness (QED) is 0.693. The molecule has 1 atom stereocenters. The summed E-state index contributed by atoms with van der Waals surface area (Å²) in [4.78, 5) is 0. The van der Waals surface area contributed by atoms with Gasteiger partial charge in [-0.2, -0.15) is 9.90 Å². The van der Waals surface area contributed by atoms with Crippen molar-refractivity contribution >= 4 is 5.95 Å². The first-order valence-electron chi connectivity index (χ1n) is 5.68. The van der Waals surface area contributed by atoms with Crippen LogP contribution in [0.25, 0.3) is 5.69 Å². The zero-order valence-corrected chi connectivity index (χ0v) is 10.1. The van der Waals surface area contributed by atoms with E-state index in [2.05, 4.69) is 41.5 Å². The summed E-state index contributed by atoms with van der Waals surface area (Å²) in [7, 11) is 0. The summed E-state index contributed by atoms with van der Waals surface area (Å²) in [6.45, 7) is 1.90. The summed E-state index contributed by atoms with van der Waals surface area (Å²) >= 11 is 0. The Morgan fingerprint density at radius 3 is 2.79 bits per heavy atom. The van der Waals surface area contributed by atoms with Gasteiger partial charge in [0.15, 0.2) is 5.82 Å². The summed E-state index contributed by atoms with van der Waals surface area (Å²) in [5.74, 6) is 1.06. The fourth-order valence-corrected chi connectivity index (χ4v) is 1.63. The SMILES string of the molecule is CC(Nc1nnnn1-c1ccccc1)c1nn[nH]n1. The third-order valence-corrected chi connectivity index (χ3v) is 2.56. The second kappa shape index (κ2) is 4.80. The minimum atomic E-state index is -0.160. The Balaban J connectivity index is 1.85. The van der Waals surface area contributed by atoms with E-state index in [9.17, 15) is 0 Å². The summed E-state index contributed by atoms with van der Waals surface area (Å²) < 4.78 is 1.61. The molecule has 0 radical (unpaired) electrons. The van der Waals surface area contributed by atoms with Crippen LogP contribution in [0.1, 0.15) is 18.8 Å². The Morgan fingerprint density at radius 2 is 2.05 bits per heavy atom. The lowest BCUT2D eigenvalue weighted by Gasteiger charge is -2.10. The van der Waals surface area contributed by atoms with Crippen LogP contribution in [0, 0.1) is 0 Å². The molecule has 1 aromatic carbocycles. The maximum Gasteiger partial charge on any atom is 0.248 e. The molecule has 0 aliphatic heterocycles. The molecule has 2 heterocycles. The summed E-state index contributed by atoms with van der Waals surface area (Å²) in [5.41, 5.74) is 0.871. The van der Waals surface area contributed by atoms with E-state index in [1.807, 2.05) is 37.3 Å². The van der Waals surface area contributed by atoms with Gasteiger partial charge in [0.2, 0.25) is 5.95 Å². The number of benzene rings is 1. The number of aromatic amines is 1. The standard InChI is InChI=1S/C10H11N9/c1-7(9-12-15-16-13-9)11-10-14-17-18-19(10)8-5-3-2-4-6-8/h2-7H,1H3,(H,11,14,18)(H,12,13,15,16). The topological polar surface area (TPSA) is 110 Å². The van der Waals surface area contributed by atoms with Crippen molar-refractivity contribution in [2.24, 2.45) is 0 Å². The minimum absolute atomic E-state index is 0.160. The fraction of sp³-hybridized carbons (Fsp3) is 0.200. The predicted octanol–water partition coefficient (Wildman–Crippen LogP) is 0.348. The monoisotopic (exact) mass is 257 g/mol. The van der Waals surface area contributed by atoms with Crippen molar-refractivity contribution < 1.29 is 0 Å². The molecular weight excluding hydrogens is 246 g/mol. The highest BCUT2D eigenvalue weighted by Gasteiger charge is 2.15. The summed E-state index contributed by atoms with van der Waals surface area (Å²) in [5, 5.41) is 28.4. The zero-order chi connectivity index (χ0) is 13.1. The predicted molar refractivity (Wildman–Crippen MR) is 65.4 cm³/mol. The van der Waals surface area contributed by atoms with Crippen molar-refractivity contribution in [3.8, 4) is 5.69 Å². The largest absolute Gasteiger partial charge is 0.343 e. The number of nitrogens with one attached hydrogen (secondary N) is 2. The Labute approximate surface area is 108 Å². The molecule has 0 aliphatic carbocycles. The van der Waals surface area contributed by atoms with E-state index in [-0.39, 0.29) is 6.04 Å². The lowest BCUT2D eigenvalue weighted by atomic mass is 10.3. The molecule has 9 heteroatoms. The molecule has 0 bridgehead atoms. The van der Waals surface area contributed by atoms with E-state index in [0.29, 0.717) is 11.8 Å². The van der Waals surface area contributed by atoms with E-state index in [4.69, 9.17) is 0 Å². The zero-order valence-electron chi connectivity index (χ0n) is 10.1. The first-order valence-corrected chi connectivity index (χ1v) is 5.68. The average molecular weight is 257 g/mol. The highest BCUT2D eigenvalue weighted by molar-refractivity contribution is 5.39. The molecule has 0 saturated carbocycles. The number of para-hydroxylation sites is 1. The highest BCUT2D eigenvalue weighted by Crippen LogP contribution is 2.15. The van der Waals surface area contributed by atoms with Crippen LogP contribution in [-0.4, -0.2) is 40.8 Å². The Kier molecular flexibility index (Phi) is 2.85. The van der Waals surface area contributed by atoms with Gasteiger partial charge in [-0.05, 0) is 29.5 Å². The van der Waals surface area contributed by atoms with Crippen molar-refractivity contribution in [2.75, 3.05) is 5.32 Å². The summed E-state index contributed by atoms with van der Waals surface area (Å²) in [6, 6.07) is 9.45. The maximum absolute atomic E-state index is 3.95. The number of aromatic nitrogens is 8. The molecule has 0 aliphatic rings. The molecule has 0 saturated heterocycles. The molecule has 2 aromatic heterocycles. The second-order valence-electron chi connectivity index (χ2n) is 3.89. The molecule has 9 nitrogen and oxygen atoms in total. The maximum atomic E-state index is 3.95. The summed E-state index contributed by atoms with van der Waals surface area (Å²) in [6.07, 6.45) is 0. The van der Waals surface area contributed by atoms with Crippen molar-refractivity contribution in [1.82, 2.24) is 40.8 Å². The van der Waals surface area contributed by atoms with Gasteiger partial charge in [-0.1, -0.05) is 28.5 Å².